The van der Waals surface area contributed by atoms with Crippen molar-refractivity contribution < 1.29 is 24.2 Å². The van der Waals surface area contributed by atoms with E-state index >= 15 is 0 Å². The average Bonchev–Trinajstić information content (AvgIpc) is 2.76. The quantitative estimate of drug-likeness (QED) is 0.856. The standard InChI is InChI=1S/C13H14FNO4/c14-10-3-1-8(2-4-10)6-15-7-9(12(16)17)5-11(15)13(18)19/h1-4,9,11H,5-7H2,(H,16,17)(H,18,19)/t9?,11-/m0/s1. The fraction of sp³-hybridized carbons (Fsp3) is 0.385. The smallest absolute Gasteiger partial charge is 0.320 e. The molecule has 1 fully saturated rings. The van der Waals surface area contributed by atoms with Crippen molar-refractivity contribution in [3.63, 3.8) is 0 Å². The molecule has 102 valence electrons. The van der Waals surface area contributed by atoms with E-state index in [9.17, 15) is 14.0 Å². The summed E-state index contributed by atoms with van der Waals surface area (Å²) in [6.45, 7) is 0.505. The number of hydrogen-bond acceptors (Lipinski definition) is 3. The number of carbonyl (C=O) groups is 2. The maximum atomic E-state index is 12.8. The molecule has 1 heterocycles. The number of halogens is 1. The third-order valence-electron chi connectivity index (χ3n) is 3.34. The van der Waals surface area contributed by atoms with Gasteiger partial charge in [0.1, 0.15) is 11.9 Å². The van der Waals surface area contributed by atoms with Crippen LogP contribution in [-0.4, -0.2) is 39.6 Å². The molecule has 0 saturated carbocycles. The Kier molecular flexibility index (Phi) is 3.80. The van der Waals surface area contributed by atoms with Crippen LogP contribution in [0.5, 0.6) is 0 Å². The molecule has 0 radical (unpaired) electrons. The van der Waals surface area contributed by atoms with Crippen molar-refractivity contribution in [3.8, 4) is 0 Å². The monoisotopic (exact) mass is 267 g/mol. The Hall–Kier alpha value is -1.95. The molecule has 5 nitrogen and oxygen atoms in total. The first-order chi connectivity index (χ1) is 8.97. The zero-order valence-corrected chi connectivity index (χ0v) is 10.1. The van der Waals surface area contributed by atoms with E-state index in [0.29, 0.717) is 6.54 Å². The lowest BCUT2D eigenvalue weighted by molar-refractivity contribution is -0.142. The lowest BCUT2D eigenvalue weighted by Crippen LogP contribution is -2.35. The first-order valence-corrected chi connectivity index (χ1v) is 5.91. The summed E-state index contributed by atoms with van der Waals surface area (Å²) >= 11 is 0. The summed E-state index contributed by atoms with van der Waals surface area (Å²) in [5, 5.41) is 18.1. The van der Waals surface area contributed by atoms with Gasteiger partial charge < -0.3 is 10.2 Å². The lowest BCUT2D eigenvalue weighted by atomic mass is 10.1. The largest absolute Gasteiger partial charge is 0.481 e. The fourth-order valence-electron chi connectivity index (χ4n) is 2.34. The number of carboxylic acid groups (broad SMARTS) is 2. The van der Waals surface area contributed by atoms with Crippen molar-refractivity contribution in [2.24, 2.45) is 5.92 Å². The number of aliphatic carboxylic acids is 2. The van der Waals surface area contributed by atoms with E-state index in [4.69, 9.17) is 10.2 Å². The minimum Gasteiger partial charge on any atom is -0.481 e. The average molecular weight is 267 g/mol. The highest BCUT2D eigenvalue weighted by Gasteiger charge is 2.39. The second-order valence-electron chi connectivity index (χ2n) is 4.68. The molecule has 2 N–H and O–H groups in total. The first-order valence-electron chi connectivity index (χ1n) is 5.91. The molecule has 1 unspecified atom stereocenters. The van der Waals surface area contributed by atoms with Gasteiger partial charge in [-0.1, -0.05) is 12.1 Å². The molecule has 1 aromatic carbocycles. The highest BCUT2D eigenvalue weighted by molar-refractivity contribution is 5.77. The van der Waals surface area contributed by atoms with Gasteiger partial charge in [0, 0.05) is 13.1 Å². The van der Waals surface area contributed by atoms with Gasteiger partial charge in [0.2, 0.25) is 0 Å². The highest BCUT2D eigenvalue weighted by Crippen LogP contribution is 2.25. The summed E-state index contributed by atoms with van der Waals surface area (Å²) < 4.78 is 12.8. The van der Waals surface area contributed by atoms with Gasteiger partial charge in [-0.15, -0.1) is 0 Å². The number of nitrogens with zero attached hydrogens (tertiary/aromatic N) is 1. The lowest BCUT2D eigenvalue weighted by Gasteiger charge is -2.20. The molecule has 0 amide bonds. The first kappa shape index (κ1) is 13.5. The SMILES string of the molecule is O=C(O)C1C[C@@H](C(=O)O)N(Cc2ccc(F)cc2)C1. The van der Waals surface area contributed by atoms with Crippen LogP contribution < -0.4 is 0 Å². The summed E-state index contributed by atoms with van der Waals surface area (Å²) in [5.41, 5.74) is 0.763. The van der Waals surface area contributed by atoms with E-state index in [2.05, 4.69) is 0 Å². The van der Waals surface area contributed by atoms with Gasteiger partial charge in [-0.2, -0.15) is 0 Å². The molecule has 0 aliphatic carbocycles. The van der Waals surface area contributed by atoms with Crippen LogP contribution in [0.1, 0.15) is 12.0 Å². The number of likely N-dealkylation sites (tertiary alicyclic amines) is 1. The molecule has 6 heteroatoms. The van der Waals surface area contributed by atoms with Crippen LogP contribution in [-0.2, 0) is 16.1 Å². The molecular formula is C13H14FNO4. The van der Waals surface area contributed by atoms with Crippen LogP contribution in [0.4, 0.5) is 4.39 Å². The van der Waals surface area contributed by atoms with Gasteiger partial charge in [0.15, 0.2) is 0 Å². The summed E-state index contributed by atoms with van der Waals surface area (Å²) in [6.07, 6.45) is 0.103. The zero-order valence-electron chi connectivity index (χ0n) is 10.1. The van der Waals surface area contributed by atoms with Crippen LogP contribution in [0.15, 0.2) is 24.3 Å². The van der Waals surface area contributed by atoms with Crippen molar-refractivity contribution >= 4 is 11.9 Å². The van der Waals surface area contributed by atoms with Crippen LogP contribution in [0.2, 0.25) is 0 Å². The number of rotatable bonds is 4. The summed E-state index contributed by atoms with van der Waals surface area (Å²) in [4.78, 5) is 23.7. The van der Waals surface area contributed by atoms with Crippen LogP contribution in [0, 0.1) is 11.7 Å². The molecule has 1 aliphatic rings. The predicted octanol–water partition coefficient (Wildman–Crippen LogP) is 1.19. The normalized spacial score (nSPS) is 23.4. The topological polar surface area (TPSA) is 77.8 Å². The summed E-state index contributed by atoms with van der Waals surface area (Å²) in [5.74, 6) is -3.02. The molecule has 2 rings (SSSR count). The summed E-state index contributed by atoms with van der Waals surface area (Å²) in [7, 11) is 0. The van der Waals surface area contributed by atoms with Crippen molar-refractivity contribution in [2.75, 3.05) is 6.54 Å². The molecule has 1 aromatic rings. The summed E-state index contributed by atoms with van der Waals surface area (Å²) in [6, 6.07) is 4.95. The Morgan fingerprint density at radius 1 is 1.21 bits per heavy atom. The van der Waals surface area contributed by atoms with Gasteiger partial charge >= 0.3 is 11.9 Å². The van der Waals surface area contributed by atoms with Crippen LogP contribution in [0.25, 0.3) is 0 Å². The number of carboxylic acids is 2. The van der Waals surface area contributed by atoms with Crippen molar-refractivity contribution in [1.29, 1.82) is 0 Å². The van der Waals surface area contributed by atoms with Crippen LogP contribution in [0.3, 0.4) is 0 Å². The van der Waals surface area contributed by atoms with E-state index in [1.54, 1.807) is 17.0 Å². The Morgan fingerprint density at radius 2 is 1.84 bits per heavy atom. The van der Waals surface area contributed by atoms with Crippen LogP contribution >= 0.6 is 0 Å². The van der Waals surface area contributed by atoms with E-state index in [1.807, 2.05) is 0 Å². The zero-order chi connectivity index (χ0) is 14.0. The molecule has 19 heavy (non-hydrogen) atoms. The second-order valence-corrected chi connectivity index (χ2v) is 4.68. The second kappa shape index (κ2) is 5.36. The maximum Gasteiger partial charge on any atom is 0.320 e. The van der Waals surface area contributed by atoms with Crippen molar-refractivity contribution in [2.45, 2.75) is 19.0 Å². The third kappa shape index (κ3) is 3.08. The predicted molar refractivity (Wildman–Crippen MR) is 64.0 cm³/mol. The molecule has 2 atom stereocenters. The fourth-order valence-corrected chi connectivity index (χ4v) is 2.34. The minimum atomic E-state index is -1.02. The molecule has 0 spiro atoms. The van der Waals surface area contributed by atoms with Crippen molar-refractivity contribution in [3.05, 3.63) is 35.6 Å². The molecule has 0 bridgehead atoms. The van der Waals surface area contributed by atoms with E-state index in [0.717, 1.165) is 5.56 Å². The van der Waals surface area contributed by atoms with Gasteiger partial charge in [0.05, 0.1) is 5.92 Å². The number of hydrogen-bond donors (Lipinski definition) is 2. The van der Waals surface area contributed by atoms with Gasteiger partial charge in [-0.05, 0) is 24.1 Å². The Balaban J connectivity index is 2.10. The van der Waals surface area contributed by atoms with Crippen molar-refractivity contribution in [1.82, 2.24) is 4.90 Å². The number of benzene rings is 1. The Bertz CT molecular complexity index is 488. The highest BCUT2D eigenvalue weighted by atomic mass is 19.1. The molecule has 0 aromatic heterocycles. The van der Waals surface area contributed by atoms with Gasteiger partial charge in [-0.3, -0.25) is 14.5 Å². The molecule has 1 saturated heterocycles. The van der Waals surface area contributed by atoms with Gasteiger partial charge in [0.25, 0.3) is 0 Å². The minimum absolute atomic E-state index is 0.103. The Labute approximate surface area is 109 Å². The molecule has 1 aliphatic heterocycles. The van der Waals surface area contributed by atoms with E-state index < -0.39 is 23.9 Å². The van der Waals surface area contributed by atoms with Gasteiger partial charge in [-0.25, -0.2) is 4.39 Å². The Morgan fingerprint density at radius 3 is 2.37 bits per heavy atom. The van der Waals surface area contributed by atoms with E-state index in [1.165, 1.54) is 12.1 Å². The third-order valence-corrected chi connectivity index (χ3v) is 3.34. The maximum absolute atomic E-state index is 12.8. The molecular weight excluding hydrogens is 253 g/mol. The van der Waals surface area contributed by atoms with E-state index in [-0.39, 0.29) is 18.8 Å².